The van der Waals surface area contributed by atoms with E-state index in [-0.39, 0.29) is 18.0 Å². The van der Waals surface area contributed by atoms with Gasteiger partial charge in [0.2, 0.25) is 0 Å². The van der Waals surface area contributed by atoms with Crippen molar-refractivity contribution in [3.05, 3.63) is 63.6 Å². The molecule has 2 aromatic carbocycles. The Balaban J connectivity index is 1.77. The summed E-state index contributed by atoms with van der Waals surface area (Å²) in [6, 6.07) is 13.8. The third kappa shape index (κ3) is 6.37. The van der Waals surface area contributed by atoms with E-state index in [1.165, 1.54) is 16.0 Å². The van der Waals surface area contributed by atoms with E-state index in [1.54, 1.807) is 21.6 Å². The van der Waals surface area contributed by atoms with Gasteiger partial charge in [-0.2, -0.15) is 0 Å². The minimum absolute atomic E-state index is 0.107. The highest BCUT2D eigenvalue weighted by atomic mass is 79.9. The van der Waals surface area contributed by atoms with E-state index in [0.717, 1.165) is 15.8 Å². The molecule has 0 aromatic heterocycles. The number of benzene rings is 2. The highest BCUT2D eigenvalue weighted by Crippen LogP contribution is 2.35. The van der Waals surface area contributed by atoms with Crippen LogP contribution in [0, 0.1) is 13.8 Å². The molecule has 26 heavy (non-hydrogen) atoms. The number of hydrogen-bond acceptors (Lipinski definition) is 5. The van der Waals surface area contributed by atoms with Gasteiger partial charge in [0, 0.05) is 28.1 Å². The zero-order valence-corrected chi connectivity index (χ0v) is 17.9. The molecule has 0 aliphatic carbocycles. The Morgan fingerprint density at radius 1 is 1.19 bits per heavy atom. The van der Waals surface area contributed by atoms with Gasteiger partial charge in [0.05, 0.1) is 0 Å². The van der Waals surface area contributed by atoms with Gasteiger partial charge in [0.15, 0.2) is 0 Å². The first-order chi connectivity index (χ1) is 12.5. The number of carbonyl (C=O) groups is 1. The second kappa shape index (κ2) is 10.6. The van der Waals surface area contributed by atoms with E-state index in [9.17, 15) is 4.79 Å². The summed E-state index contributed by atoms with van der Waals surface area (Å²) < 4.78 is 0.924. The van der Waals surface area contributed by atoms with Crippen molar-refractivity contribution < 1.29 is 10.0 Å². The van der Waals surface area contributed by atoms with Crippen LogP contribution in [0.3, 0.4) is 0 Å². The lowest BCUT2D eigenvalue weighted by molar-refractivity contribution is -0.114. The summed E-state index contributed by atoms with van der Waals surface area (Å²) in [5.41, 5.74) is 3.53. The van der Waals surface area contributed by atoms with Gasteiger partial charge in [0.1, 0.15) is 5.71 Å². The van der Waals surface area contributed by atoms with Crippen molar-refractivity contribution in [3.63, 3.8) is 0 Å². The van der Waals surface area contributed by atoms with Crippen molar-refractivity contribution >= 4 is 49.1 Å². The Hall–Kier alpha value is -1.44. The third-order valence-corrected chi connectivity index (χ3v) is 6.81. The van der Waals surface area contributed by atoms with E-state index < -0.39 is 0 Å². The van der Waals surface area contributed by atoms with Gasteiger partial charge in [-0.25, -0.2) is 0 Å². The zero-order valence-electron chi connectivity index (χ0n) is 14.7. The van der Waals surface area contributed by atoms with E-state index in [2.05, 4.69) is 58.4 Å². The number of nitrogens with one attached hydrogen (secondary N) is 1. The Bertz CT molecular complexity index is 777. The number of hydrogen-bond donors (Lipinski definition) is 2. The Morgan fingerprint density at radius 2 is 1.88 bits per heavy atom. The van der Waals surface area contributed by atoms with Crippen LogP contribution in [0.25, 0.3) is 0 Å². The molecule has 0 heterocycles. The van der Waals surface area contributed by atoms with E-state index in [1.807, 2.05) is 24.3 Å². The molecule has 0 saturated heterocycles. The molecule has 7 heteroatoms. The number of rotatable bonds is 8. The lowest BCUT2D eigenvalue weighted by Crippen LogP contribution is -2.33. The summed E-state index contributed by atoms with van der Waals surface area (Å²) in [5.74, 6) is 0.421. The number of halogens is 1. The summed E-state index contributed by atoms with van der Waals surface area (Å²) >= 11 is 3.39. The number of carbonyl (C=O) groups excluding carboxylic acids is 1. The monoisotopic (exact) mass is 452 g/mol. The van der Waals surface area contributed by atoms with Crippen LogP contribution in [-0.4, -0.2) is 29.1 Å². The molecule has 2 rings (SSSR count). The van der Waals surface area contributed by atoms with E-state index >= 15 is 0 Å². The van der Waals surface area contributed by atoms with Crippen LogP contribution in [0.5, 0.6) is 0 Å². The Morgan fingerprint density at radius 3 is 2.54 bits per heavy atom. The van der Waals surface area contributed by atoms with Gasteiger partial charge in [-0.1, -0.05) is 73.0 Å². The Labute approximate surface area is 170 Å². The topological polar surface area (TPSA) is 61.7 Å². The number of amides is 1. The van der Waals surface area contributed by atoms with Crippen molar-refractivity contribution in [1.29, 1.82) is 0 Å². The van der Waals surface area contributed by atoms with Gasteiger partial charge < -0.3 is 10.5 Å². The highest BCUT2D eigenvalue weighted by Gasteiger charge is 2.13. The van der Waals surface area contributed by atoms with Crippen molar-refractivity contribution in [2.24, 2.45) is 5.16 Å². The van der Waals surface area contributed by atoms with Gasteiger partial charge in [-0.15, -0.1) is 0 Å². The molecule has 4 nitrogen and oxygen atoms in total. The van der Waals surface area contributed by atoms with Gasteiger partial charge in [-0.3, -0.25) is 4.79 Å². The first-order valence-corrected chi connectivity index (χ1v) is 11.2. The first kappa shape index (κ1) is 20.9. The molecule has 2 N–H and O–H groups in total. The first-order valence-electron chi connectivity index (χ1n) is 8.10. The van der Waals surface area contributed by atoms with Gasteiger partial charge >= 0.3 is 0 Å². The van der Waals surface area contributed by atoms with E-state index in [0.29, 0.717) is 6.54 Å². The zero-order chi connectivity index (χ0) is 18.9. The molecule has 0 spiro atoms. The largest absolute Gasteiger partial charge is 0.410 e. The van der Waals surface area contributed by atoms with Gasteiger partial charge in [-0.05, 0) is 42.7 Å². The molecule has 0 radical (unpaired) electrons. The summed E-state index contributed by atoms with van der Waals surface area (Å²) in [6.07, 6.45) is 0.284. The predicted octanol–water partition coefficient (Wildman–Crippen LogP) is 5.00. The van der Waals surface area contributed by atoms with E-state index in [4.69, 9.17) is 5.21 Å². The molecular formula is C19H21BrN2O2S2. The average Bonchev–Trinajstić information content (AvgIpc) is 2.61. The smallest absolute Gasteiger partial charge is 0.269 e. The molecule has 0 aliphatic heterocycles. The van der Waals surface area contributed by atoms with Crippen LogP contribution in [0.2, 0.25) is 0 Å². The maximum Gasteiger partial charge on any atom is 0.269 e. The lowest BCUT2D eigenvalue weighted by Gasteiger charge is -2.09. The molecule has 1 amide bonds. The van der Waals surface area contributed by atoms with Crippen molar-refractivity contribution in [2.45, 2.75) is 25.2 Å². The maximum absolute atomic E-state index is 12.2. The van der Waals surface area contributed by atoms with Crippen molar-refractivity contribution in [1.82, 2.24) is 5.32 Å². The fourth-order valence-corrected chi connectivity index (χ4v) is 5.22. The average molecular weight is 453 g/mol. The van der Waals surface area contributed by atoms with Crippen LogP contribution < -0.4 is 5.32 Å². The molecule has 0 fully saturated rings. The second-order valence-corrected chi connectivity index (χ2v) is 9.08. The summed E-state index contributed by atoms with van der Waals surface area (Å²) in [6.45, 7) is 4.71. The van der Waals surface area contributed by atoms with Gasteiger partial charge in [0.25, 0.3) is 5.91 Å². The van der Waals surface area contributed by atoms with Crippen LogP contribution >= 0.6 is 37.5 Å². The highest BCUT2D eigenvalue weighted by molar-refractivity contribution is 9.10. The molecular weight excluding hydrogens is 432 g/mol. The minimum Gasteiger partial charge on any atom is -0.410 e. The summed E-state index contributed by atoms with van der Waals surface area (Å²) in [5, 5.41) is 15.1. The van der Waals surface area contributed by atoms with Crippen LogP contribution in [0.15, 0.2) is 57.0 Å². The molecule has 0 atom stereocenters. The molecule has 0 aliphatic rings. The van der Waals surface area contributed by atoms with Crippen molar-refractivity contribution in [2.75, 3.05) is 12.3 Å². The number of nitrogens with zero attached hydrogens (tertiary/aromatic N) is 1. The molecule has 138 valence electrons. The third-order valence-electron chi connectivity index (χ3n) is 3.67. The number of oxime groups is 1. The molecule has 0 unspecified atom stereocenters. The summed E-state index contributed by atoms with van der Waals surface area (Å²) in [7, 11) is 3.42. The van der Waals surface area contributed by atoms with Crippen molar-refractivity contribution in [3.8, 4) is 0 Å². The lowest BCUT2D eigenvalue weighted by atomic mass is 10.1. The second-order valence-electron chi connectivity index (χ2n) is 5.74. The Kier molecular flexibility index (Phi) is 8.54. The fourth-order valence-electron chi connectivity index (χ4n) is 2.34. The maximum atomic E-state index is 12.2. The quantitative estimate of drug-likeness (QED) is 0.194. The van der Waals surface area contributed by atoms with Crippen LogP contribution in [-0.2, 0) is 11.2 Å². The molecule has 0 bridgehead atoms. The predicted molar refractivity (Wildman–Crippen MR) is 114 cm³/mol. The SMILES string of the molecule is Cc1cccc(C)c1SSCCNC(=O)/C(Cc1cccc(Br)c1)=N\O. The fraction of sp³-hybridized carbons (Fsp3) is 0.263. The molecule has 2 aromatic rings. The minimum atomic E-state index is -0.342. The summed E-state index contributed by atoms with van der Waals surface area (Å²) in [4.78, 5) is 13.4. The van der Waals surface area contributed by atoms with Crippen LogP contribution in [0.4, 0.5) is 0 Å². The number of aryl methyl sites for hydroxylation is 2. The molecule has 0 saturated carbocycles. The van der Waals surface area contributed by atoms with Crippen LogP contribution in [0.1, 0.15) is 16.7 Å². The standard InChI is InChI=1S/C19H21BrN2O2S2/c1-13-5-3-6-14(2)18(13)26-25-10-9-21-19(23)17(22-24)12-15-7-4-8-16(20)11-15/h3-8,11,24H,9-10,12H2,1-2H3,(H,21,23)/b22-17-. The normalized spacial score (nSPS) is 11.4.